The molecule has 0 radical (unpaired) electrons. The average molecular weight is 402 g/mol. The Hall–Kier alpha value is -2.97. The van der Waals surface area contributed by atoms with Crippen molar-refractivity contribution in [1.29, 1.82) is 0 Å². The first-order valence-corrected chi connectivity index (χ1v) is 9.41. The van der Waals surface area contributed by atoms with Crippen molar-refractivity contribution in [1.82, 2.24) is 14.9 Å². The quantitative estimate of drug-likeness (QED) is 0.853. The summed E-state index contributed by atoms with van der Waals surface area (Å²) >= 11 is 0. The third-order valence-corrected chi connectivity index (χ3v) is 5.88. The summed E-state index contributed by atoms with van der Waals surface area (Å²) in [5.41, 5.74) is 0.431. The third kappa shape index (κ3) is 3.04. The standard InChI is InChI=1S/C20H17F3N4O2/c21-10-6-24-19(25-7-10)26-15(28)8-27-9-20(3-4-20)16-12(18(27)29)2-1-11(17(16)23)13-5-14(13)22/h1-2,6-7,13-14H,3-5,8-9H2,(H,24,25,26,28)/t13-,14-/m1/s1. The van der Waals surface area contributed by atoms with Gasteiger partial charge < -0.3 is 4.90 Å². The third-order valence-electron chi connectivity index (χ3n) is 5.88. The summed E-state index contributed by atoms with van der Waals surface area (Å²) < 4.78 is 41.5. The first-order chi connectivity index (χ1) is 13.9. The van der Waals surface area contributed by atoms with E-state index in [4.69, 9.17) is 0 Å². The molecule has 3 aliphatic rings. The summed E-state index contributed by atoms with van der Waals surface area (Å²) in [6.07, 6.45) is 2.55. The second-order valence-electron chi connectivity index (χ2n) is 7.96. The first-order valence-electron chi connectivity index (χ1n) is 9.41. The number of nitrogens with zero attached hydrogens (tertiary/aromatic N) is 3. The molecule has 2 atom stereocenters. The van der Waals surface area contributed by atoms with Crippen molar-refractivity contribution in [3.05, 3.63) is 52.9 Å². The lowest BCUT2D eigenvalue weighted by Crippen LogP contribution is -2.47. The molecule has 5 rings (SSSR count). The van der Waals surface area contributed by atoms with Crippen LogP contribution in [0.4, 0.5) is 19.1 Å². The number of alkyl halides is 1. The molecule has 1 aromatic heterocycles. The van der Waals surface area contributed by atoms with Crippen LogP contribution < -0.4 is 5.32 Å². The Labute approximate surface area is 164 Å². The van der Waals surface area contributed by atoms with Crippen LogP contribution in [0.2, 0.25) is 0 Å². The molecular weight excluding hydrogens is 385 g/mol. The fourth-order valence-electron chi connectivity index (χ4n) is 4.15. The smallest absolute Gasteiger partial charge is 0.254 e. The highest BCUT2D eigenvalue weighted by molar-refractivity contribution is 6.01. The molecule has 1 aromatic carbocycles. The fourth-order valence-corrected chi connectivity index (χ4v) is 4.15. The summed E-state index contributed by atoms with van der Waals surface area (Å²) in [6.45, 7) is -0.0278. The van der Waals surface area contributed by atoms with Gasteiger partial charge in [0, 0.05) is 29.0 Å². The number of anilines is 1. The largest absolute Gasteiger partial charge is 0.328 e. The highest BCUT2D eigenvalue weighted by Gasteiger charge is 2.54. The minimum absolute atomic E-state index is 0.0664. The Balaban J connectivity index is 1.38. The lowest BCUT2D eigenvalue weighted by molar-refractivity contribution is -0.117. The van der Waals surface area contributed by atoms with Crippen molar-refractivity contribution < 1.29 is 22.8 Å². The zero-order valence-electron chi connectivity index (χ0n) is 15.3. The van der Waals surface area contributed by atoms with Crippen molar-refractivity contribution in [2.75, 3.05) is 18.4 Å². The van der Waals surface area contributed by atoms with Gasteiger partial charge >= 0.3 is 0 Å². The zero-order chi connectivity index (χ0) is 20.3. The van der Waals surface area contributed by atoms with Crippen LogP contribution in [-0.4, -0.2) is 45.9 Å². The number of rotatable bonds is 4. The van der Waals surface area contributed by atoms with Crippen molar-refractivity contribution >= 4 is 17.8 Å². The maximum Gasteiger partial charge on any atom is 0.254 e. The van der Waals surface area contributed by atoms with E-state index in [-0.39, 0.29) is 24.6 Å². The minimum Gasteiger partial charge on any atom is -0.328 e. The van der Waals surface area contributed by atoms with Crippen LogP contribution in [0.5, 0.6) is 0 Å². The molecule has 0 bridgehead atoms. The molecule has 2 fully saturated rings. The molecule has 2 saturated carbocycles. The number of hydrogen-bond acceptors (Lipinski definition) is 4. The Morgan fingerprint density at radius 3 is 2.55 bits per heavy atom. The van der Waals surface area contributed by atoms with Gasteiger partial charge in [0.1, 0.15) is 18.5 Å². The number of amides is 2. The first kappa shape index (κ1) is 18.1. The molecule has 0 unspecified atom stereocenters. The summed E-state index contributed by atoms with van der Waals surface area (Å²) in [6, 6.07) is 3.04. The lowest BCUT2D eigenvalue weighted by Gasteiger charge is -2.35. The molecular formula is C20H17F3N4O2. The van der Waals surface area contributed by atoms with E-state index >= 15 is 4.39 Å². The van der Waals surface area contributed by atoms with E-state index < -0.39 is 41.0 Å². The lowest BCUT2D eigenvalue weighted by atomic mass is 9.84. The van der Waals surface area contributed by atoms with Crippen LogP contribution >= 0.6 is 0 Å². The van der Waals surface area contributed by atoms with Gasteiger partial charge in [-0.3, -0.25) is 14.9 Å². The van der Waals surface area contributed by atoms with Gasteiger partial charge in [-0.15, -0.1) is 0 Å². The van der Waals surface area contributed by atoms with Crippen LogP contribution in [0.25, 0.3) is 0 Å². The van der Waals surface area contributed by atoms with Gasteiger partial charge in [0.05, 0.1) is 12.4 Å². The average Bonchev–Trinajstić information content (AvgIpc) is 3.60. The Morgan fingerprint density at radius 1 is 1.24 bits per heavy atom. The van der Waals surface area contributed by atoms with Gasteiger partial charge in [-0.25, -0.2) is 23.1 Å². The van der Waals surface area contributed by atoms with Crippen molar-refractivity contribution in [2.24, 2.45) is 0 Å². The van der Waals surface area contributed by atoms with Gasteiger partial charge in [0.15, 0.2) is 5.82 Å². The Morgan fingerprint density at radius 2 is 1.93 bits per heavy atom. The molecule has 2 amide bonds. The molecule has 1 spiro atoms. The van der Waals surface area contributed by atoms with Gasteiger partial charge in [-0.1, -0.05) is 6.07 Å². The molecule has 9 heteroatoms. The number of carbonyl (C=O) groups is 2. The SMILES string of the molecule is O=C(CN1CC2(CC2)c2c(ccc([C@H]3C[C@H]3F)c2F)C1=O)Nc1ncc(F)cn1. The normalized spacial score (nSPS) is 23.7. The number of fused-ring (bicyclic) bond motifs is 2. The van der Waals surface area contributed by atoms with E-state index in [1.54, 1.807) is 6.07 Å². The highest BCUT2D eigenvalue weighted by atomic mass is 19.1. The molecule has 6 nitrogen and oxygen atoms in total. The number of benzene rings is 1. The Kier molecular flexibility index (Phi) is 3.91. The minimum atomic E-state index is -1.02. The monoisotopic (exact) mass is 402 g/mol. The maximum absolute atomic E-state index is 15.2. The number of carbonyl (C=O) groups excluding carboxylic acids is 2. The van der Waals surface area contributed by atoms with E-state index in [1.807, 2.05) is 0 Å². The van der Waals surface area contributed by atoms with Crippen LogP contribution in [0.1, 0.15) is 46.7 Å². The maximum atomic E-state index is 15.2. The molecule has 2 heterocycles. The van der Waals surface area contributed by atoms with Gasteiger partial charge in [0.25, 0.3) is 5.91 Å². The summed E-state index contributed by atoms with van der Waals surface area (Å²) in [5.74, 6) is -2.56. The van der Waals surface area contributed by atoms with Crippen LogP contribution in [-0.2, 0) is 10.2 Å². The molecule has 1 N–H and O–H groups in total. The highest BCUT2D eigenvalue weighted by Crippen LogP contribution is 2.55. The topological polar surface area (TPSA) is 75.2 Å². The zero-order valence-corrected chi connectivity index (χ0v) is 15.3. The molecule has 0 saturated heterocycles. The molecule has 150 valence electrons. The number of hydrogen-bond donors (Lipinski definition) is 1. The number of nitrogens with one attached hydrogen (secondary N) is 1. The van der Waals surface area contributed by atoms with Crippen molar-refractivity contribution in [3.63, 3.8) is 0 Å². The van der Waals surface area contributed by atoms with Crippen molar-refractivity contribution in [2.45, 2.75) is 36.8 Å². The molecule has 29 heavy (non-hydrogen) atoms. The summed E-state index contributed by atoms with van der Waals surface area (Å²) in [4.78, 5) is 33.9. The van der Waals surface area contributed by atoms with E-state index in [0.717, 1.165) is 12.4 Å². The van der Waals surface area contributed by atoms with Crippen molar-refractivity contribution in [3.8, 4) is 0 Å². The van der Waals surface area contributed by atoms with Gasteiger partial charge in [-0.2, -0.15) is 0 Å². The second-order valence-corrected chi connectivity index (χ2v) is 7.96. The molecule has 2 aliphatic carbocycles. The second kappa shape index (κ2) is 6.27. The van der Waals surface area contributed by atoms with E-state index in [9.17, 15) is 18.4 Å². The fraction of sp³-hybridized carbons (Fsp3) is 0.400. The Bertz CT molecular complexity index is 1020. The number of halogens is 3. The predicted molar refractivity (Wildman–Crippen MR) is 96.1 cm³/mol. The summed E-state index contributed by atoms with van der Waals surface area (Å²) in [5, 5.41) is 2.42. The molecule has 2 aromatic rings. The van der Waals surface area contributed by atoms with Gasteiger partial charge in [0.2, 0.25) is 11.9 Å². The van der Waals surface area contributed by atoms with Gasteiger partial charge in [-0.05, 0) is 30.9 Å². The van der Waals surface area contributed by atoms with E-state index in [0.29, 0.717) is 30.4 Å². The van der Waals surface area contributed by atoms with E-state index in [1.165, 1.54) is 11.0 Å². The van der Waals surface area contributed by atoms with Crippen LogP contribution in [0.15, 0.2) is 24.5 Å². The van der Waals surface area contributed by atoms with Crippen LogP contribution in [0, 0.1) is 11.6 Å². The van der Waals surface area contributed by atoms with Crippen LogP contribution in [0.3, 0.4) is 0 Å². The van der Waals surface area contributed by atoms with E-state index in [2.05, 4.69) is 15.3 Å². The molecule has 1 aliphatic heterocycles. The number of aromatic nitrogens is 2. The summed E-state index contributed by atoms with van der Waals surface area (Å²) in [7, 11) is 0. The predicted octanol–water partition coefficient (Wildman–Crippen LogP) is 2.71.